The highest BCUT2D eigenvalue weighted by molar-refractivity contribution is 8.00. The van der Waals surface area contributed by atoms with E-state index in [9.17, 15) is 4.79 Å². The first-order valence-corrected chi connectivity index (χ1v) is 8.31. The van der Waals surface area contributed by atoms with Crippen LogP contribution in [0, 0.1) is 0 Å². The molecule has 0 amide bonds. The summed E-state index contributed by atoms with van der Waals surface area (Å²) in [5, 5.41) is 0. The Balaban J connectivity index is 1.63. The highest BCUT2D eigenvalue weighted by Crippen LogP contribution is 2.33. The normalized spacial score (nSPS) is 21.0. The van der Waals surface area contributed by atoms with Crippen LogP contribution in [0.1, 0.15) is 30.6 Å². The summed E-state index contributed by atoms with van der Waals surface area (Å²) in [5.74, 6) is 2.63. The molecular weight excluding hydrogens is 286 g/mol. The molecule has 1 aromatic rings. The van der Waals surface area contributed by atoms with Gasteiger partial charge in [0.25, 0.3) is 0 Å². The summed E-state index contributed by atoms with van der Waals surface area (Å²) in [6.45, 7) is 7.24. The van der Waals surface area contributed by atoms with Crippen LogP contribution in [0.4, 0.5) is 0 Å². The van der Waals surface area contributed by atoms with Crippen molar-refractivity contribution in [1.82, 2.24) is 4.90 Å². The van der Waals surface area contributed by atoms with Crippen molar-refractivity contribution in [3.05, 3.63) is 23.8 Å². The molecule has 0 N–H and O–H groups in total. The van der Waals surface area contributed by atoms with Gasteiger partial charge >= 0.3 is 0 Å². The van der Waals surface area contributed by atoms with Crippen molar-refractivity contribution in [3.8, 4) is 11.5 Å². The van der Waals surface area contributed by atoms with Crippen LogP contribution < -0.4 is 9.47 Å². The number of hydrogen-bond acceptors (Lipinski definition) is 5. The molecule has 2 heterocycles. The minimum Gasteiger partial charge on any atom is -0.454 e. The van der Waals surface area contributed by atoms with Crippen molar-refractivity contribution < 1.29 is 14.3 Å². The Morgan fingerprint density at radius 3 is 2.95 bits per heavy atom. The minimum atomic E-state index is 0.151. The smallest absolute Gasteiger partial charge is 0.231 e. The minimum absolute atomic E-state index is 0.151. The summed E-state index contributed by atoms with van der Waals surface area (Å²) < 4.78 is 10.9. The summed E-state index contributed by atoms with van der Waals surface area (Å²) in [4.78, 5) is 14.7. The molecule has 3 rings (SSSR count). The lowest BCUT2D eigenvalue weighted by Crippen LogP contribution is -2.32. The maximum atomic E-state index is 12.4. The van der Waals surface area contributed by atoms with E-state index in [-0.39, 0.29) is 12.6 Å². The van der Waals surface area contributed by atoms with Crippen LogP contribution in [0.2, 0.25) is 0 Å². The van der Waals surface area contributed by atoms with E-state index in [2.05, 4.69) is 18.7 Å². The number of ketones is 1. The van der Waals surface area contributed by atoms with Gasteiger partial charge in [-0.15, -0.1) is 0 Å². The van der Waals surface area contributed by atoms with E-state index in [1.165, 1.54) is 0 Å². The summed E-state index contributed by atoms with van der Waals surface area (Å²) in [5.41, 5.74) is 0.704. The van der Waals surface area contributed by atoms with Gasteiger partial charge in [0.05, 0.1) is 6.54 Å². The molecular formula is C16H21NO3S. The molecule has 2 aliphatic heterocycles. The van der Waals surface area contributed by atoms with E-state index in [0.29, 0.717) is 22.6 Å². The Bertz CT molecular complexity index is 544. The monoisotopic (exact) mass is 307 g/mol. The first-order valence-electron chi connectivity index (χ1n) is 7.33. The molecule has 0 radical (unpaired) electrons. The van der Waals surface area contributed by atoms with Crippen LogP contribution in [0.25, 0.3) is 0 Å². The zero-order valence-corrected chi connectivity index (χ0v) is 13.4. The number of Topliss-reactive ketones (excluding diaryl/α,β-unsaturated/α-hetero) is 1. The summed E-state index contributed by atoms with van der Waals surface area (Å²) >= 11 is 1.99. The SMILES string of the molecule is CC1(C)CCN(CC(=O)c2ccc3c(c2)OCO3)CCS1. The van der Waals surface area contributed by atoms with Gasteiger partial charge in [0.1, 0.15) is 0 Å². The zero-order chi connectivity index (χ0) is 14.9. The van der Waals surface area contributed by atoms with Crippen LogP contribution in [0.15, 0.2) is 18.2 Å². The van der Waals surface area contributed by atoms with E-state index >= 15 is 0 Å². The number of carbonyl (C=O) groups excluding carboxylic acids is 1. The first kappa shape index (κ1) is 14.7. The lowest BCUT2D eigenvalue weighted by Gasteiger charge is -2.22. The number of benzene rings is 1. The van der Waals surface area contributed by atoms with Gasteiger partial charge in [-0.05, 0) is 31.2 Å². The molecule has 5 heteroatoms. The molecule has 4 nitrogen and oxygen atoms in total. The molecule has 21 heavy (non-hydrogen) atoms. The van der Waals surface area contributed by atoms with Crippen LogP contribution in [0.3, 0.4) is 0 Å². The van der Waals surface area contributed by atoms with Gasteiger partial charge < -0.3 is 9.47 Å². The molecule has 0 aliphatic carbocycles. The maximum absolute atomic E-state index is 12.4. The number of ether oxygens (including phenoxy) is 2. The predicted octanol–water partition coefficient (Wildman–Crippen LogP) is 2.82. The molecule has 0 saturated carbocycles. The van der Waals surface area contributed by atoms with Crippen molar-refractivity contribution in [2.45, 2.75) is 25.0 Å². The van der Waals surface area contributed by atoms with Gasteiger partial charge in [-0.2, -0.15) is 11.8 Å². The molecule has 114 valence electrons. The van der Waals surface area contributed by atoms with Crippen molar-refractivity contribution >= 4 is 17.5 Å². The standard InChI is InChI=1S/C16H21NO3S/c1-16(2)5-6-17(7-8-21-16)10-13(18)12-3-4-14-15(9-12)20-11-19-14/h3-4,9H,5-8,10-11H2,1-2H3. The molecule has 0 spiro atoms. The number of carbonyl (C=O) groups is 1. The lowest BCUT2D eigenvalue weighted by molar-refractivity contribution is 0.0933. The van der Waals surface area contributed by atoms with Gasteiger partial charge in [-0.1, -0.05) is 13.8 Å². The molecule has 1 aromatic carbocycles. The fourth-order valence-corrected chi connectivity index (χ4v) is 3.72. The van der Waals surface area contributed by atoms with Crippen molar-refractivity contribution in [2.24, 2.45) is 0 Å². The topological polar surface area (TPSA) is 38.8 Å². The summed E-state index contributed by atoms with van der Waals surface area (Å²) in [6.07, 6.45) is 1.12. The molecule has 0 bridgehead atoms. The van der Waals surface area contributed by atoms with Gasteiger partial charge in [0.15, 0.2) is 17.3 Å². The van der Waals surface area contributed by atoms with E-state index in [4.69, 9.17) is 9.47 Å². The Morgan fingerprint density at radius 2 is 2.10 bits per heavy atom. The number of nitrogens with zero attached hydrogens (tertiary/aromatic N) is 1. The summed E-state index contributed by atoms with van der Waals surface area (Å²) in [7, 11) is 0. The third kappa shape index (κ3) is 3.52. The summed E-state index contributed by atoms with van der Waals surface area (Å²) in [6, 6.07) is 5.44. The molecule has 1 fully saturated rings. The van der Waals surface area contributed by atoms with Gasteiger partial charge in [0, 0.05) is 22.6 Å². The number of thioether (sulfide) groups is 1. The van der Waals surface area contributed by atoms with Gasteiger partial charge in [-0.25, -0.2) is 0 Å². The second-order valence-corrected chi connectivity index (χ2v) is 7.93. The van der Waals surface area contributed by atoms with Gasteiger partial charge in [-0.3, -0.25) is 9.69 Å². The highest BCUT2D eigenvalue weighted by atomic mass is 32.2. The second-order valence-electron chi connectivity index (χ2n) is 6.13. The highest BCUT2D eigenvalue weighted by Gasteiger charge is 2.25. The zero-order valence-electron chi connectivity index (χ0n) is 12.6. The lowest BCUT2D eigenvalue weighted by atomic mass is 10.1. The van der Waals surface area contributed by atoms with Crippen LogP contribution in [0.5, 0.6) is 11.5 Å². The van der Waals surface area contributed by atoms with E-state index in [1.807, 2.05) is 23.9 Å². The fraction of sp³-hybridized carbons (Fsp3) is 0.562. The van der Waals surface area contributed by atoms with E-state index in [1.54, 1.807) is 6.07 Å². The third-order valence-corrected chi connectivity index (χ3v) is 5.36. The number of fused-ring (bicyclic) bond motifs is 1. The fourth-order valence-electron chi connectivity index (χ4n) is 2.58. The average molecular weight is 307 g/mol. The first-order chi connectivity index (χ1) is 10.0. The molecule has 0 atom stereocenters. The Morgan fingerprint density at radius 1 is 1.29 bits per heavy atom. The maximum Gasteiger partial charge on any atom is 0.231 e. The Labute approximate surface area is 129 Å². The molecule has 2 aliphatic rings. The van der Waals surface area contributed by atoms with Gasteiger partial charge in [0.2, 0.25) is 6.79 Å². The second kappa shape index (κ2) is 5.89. The molecule has 0 aromatic heterocycles. The largest absolute Gasteiger partial charge is 0.454 e. The molecule has 0 unspecified atom stereocenters. The third-order valence-electron chi connectivity index (χ3n) is 3.99. The van der Waals surface area contributed by atoms with Crippen molar-refractivity contribution in [2.75, 3.05) is 32.2 Å². The van der Waals surface area contributed by atoms with Crippen molar-refractivity contribution in [3.63, 3.8) is 0 Å². The average Bonchev–Trinajstić information content (AvgIpc) is 2.84. The van der Waals surface area contributed by atoms with E-state index in [0.717, 1.165) is 31.0 Å². The van der Waals surface area contributed by atoms with Crippen LogP contribution >= 0.6 is 11.8 Å². The van der Waals surface area contributed by atoms with Crippen LogP contribution in [-0.4, -0.2) is 47.6 Å². The quantitative estimate of drug-likeness (QED) is 0.803. The van der Waals surface area contributed by atoms with Crippen LogP contribution in [-0.2, 0) is 0 Å². The van der Waals surface area contributed by atoms with E-state index < -0.39 is 0 Å². The number of rotatable bonds is 3. The molecule has 1 saturated heterocycles. The van der Waals surface area contributed by atoms with Crippen molar-refractivity contribution in [1.29, 1.82) is 0 Å². The number of hydrogen-bond donors (Lipinski definition) is 0. The Kier molecular flexibility index (Phi) is 4.13. The predicted molar refractivity (Wildman–Crippen MR) is 84.5 cm³/mol. The Hall–Kier alpha value is -1.20.